The standard InChI is InChI=1S/C25H23F6N5O3/c26-24(27,28)17-5-13(6-18(8-17)25(29,30)31)12-39-23(38)36-10-15-1-2-16(11-36)19(15)9-32-22(37)14-3-4-20-21(7-14)34-35-33-20/h3-8,15-16,19H,1-2,9-12H2,(H,32,37)(H,33,34,35). The van der Waals surface area contributed by atoms with Crippen molar-refractivity contribution in [3.8, 4) is 0 Å². The molecule has 1 aromatic heterocycles. The minimum Gasteiger partial charge on any atom is -0.445 e. The van der Waals surface area contributed by atoms with E-state index in [1.807, 2.05) is 0 Å². The number of piperidine rings is 1. The molecule has 8 nitrogen and oxygen atoms in total. The van der Waals surface area contributed by atoms with E-state index in [-0.39, 0.29) is 29.7 Å². The second-order valence-electron chi connectivity index (χ2n) is 9.89. The number of fused-ring (bicyclic) bond motifs is 3. The molecule has 2 aromatic carbocycles. The Morgan fingerprint density at radius 2 is 1.62 bits per heavy atom. The number of carbonyl (C=O) groups excluding carboxylic acids is 2. The normalized spacial score (nSPS) is 21.3. The summed E-state index contributed by atoms with van der Waals surface area (Å²) in [5.41, 5.74) is -1.63. The van der Waals surface area contributed by atoms with Crippen LogP contribution in [0.15, 0.2) is 36.4 Å². The van der Waals surface area contributed by atoms with Gasteiger partial charge in [0.05, 0.1) is 16.6 Å². The molecule has 39 heavy (non-hydrogen) atoms. The Bertz CT molecular complexity index is 1340. The van der Waals surface area contributed by atoms with Crippen molar-refractivity contribution in [1.82, 2.24) is 25.6 Å². The third kappa shape index (κ3) is 5.78. The van der Waals surface area contributed by atoms with Crippen LogP contribution in [0.2, 0.25) is 0 Å². The number of hydrogen-bond acceptors (Lipinski definition) is 5. The monoisotopic (exact) mass is 555 g/mol. The van der Waals surface area contributed by atoms with Crippen LogP contribution in [0.1, 0.15) is 39.9 Å². The van der Waals surface area contributed by atoms with Gasteiger partial charge >= 0.3 is 18.4 Å². The first kappa shape index (κ1) is 26.8. The van der Waals surface area contributed by atoms with Crippen molar-refractivity contribution in [3.05, 3.63) is 58.7 Å². The van der Waals surface area contributed by atoms with Gasteiger partial charge in [0.15, 0.2) is 0 Å². The summed E-state index contributed by atoms with van der Waals surface area (Å²) in [6, 6.07) is 6.11. The number of halogens is 6. The molecule has 1 saturated heterocycles. The van der Waals surface area contributed by atoms with Gasteiger partial charge in [0.25, 0.3) is 5.91 Å². The number of aromatic amines is 1. The lowest BCUT2D eigenvalue weighted by molar-refractivity contribution is -0.143. The van der Waals surface area contributed by atoms with E-state index < -0.39 is 41.7 Å². The highest BCUT2D eigenvalue weighted by atomic mass is 19.4. The topological polar surface area (TPSA) is 100 Å². The molecular weight excluding hydrogens is 532 g/mol. The number of nitrogens with one attached hydrogen (secondary N) is 2. The maximum absolute atomic E-state index is 13.1. The fourth-order valence-corrected chi connectivity index (χ4v) is 5.45. The summed E-state index contributed by atoms with van der Waals surface area (Å²) in [6.45, 7) is 0.305. The number of hydrogen-bond donors (Lipinski definition) is 2. The van der Waals surface area contributed by atoms with Crippen molar-refractivity contribution in [2.45, 2.75) is 31.8 Å². The van der Waals surface area contributed by atoms with Crippen molar-refractivity contribution >= 4 is 23.0 Å². The average Bonchev–Trinajstić information content (AvgIpc) is 3.44. The van der Waals surface area contributed by atoms with E-state index in [2.05, 4.69) is 20.7 Å². The number of alkyl halides is 6. The second kappa shape index (κ2) is 10.0. The molecule has 2 atom stereocenters. The molecule has 2 aliphatic rings. The van der Waals surface area contributed by atoms with E-state index in [4.69, 9.17) is 4.74 Å². The van der Waals surface area contributed by atoms with Gasteiger partial charge in [-0.25, -0.2) is 4.79 Å². The first-order valence-electron chi connectivity index (χ1n) is 12.2. The summed E-state index contributed by atoms with van der Waals surface area (Å²) >= 11 is 0. The molecule has 2 unspecified atom stereocenters. The summed E-state index contributed by atoms with van der Waals surface area (Å²) in [5, 5.41) is 13.2. The molecule has 2 amide bonds. The highest BCUT2D eigenvalue weighted by molar-refractivity contribution is 5.97. The minimum atomic E-state index is -4.99. The van der Waals surface area contributed by atoms with Gasteiger partial charge in [-0.2, -0.15) is 26.3 Å². The van der Waals surface area contributed by atoms with Crippen LogP contribution in [0.3, 0.4) is 0 Å². The molecule has 208 valence electrons. The van der Waals surface area contributed by atoms with Gasteiger partial charge in [0, 0.05) is 25.2 Å². The summed E-state index contributed by atoms with van der Waals surface area (Å²) < 4.78 is 83.7. The van der Waals surface area contributed by atoms with Gasteiger partial charge in [-0.3, -0.25) is 9.89 Å². The fraction of sp³-hybridized carbons (Fsp3) is 0.440. The van der Waals surface area contributed by atoms with Gasteiger partial charge in [-0.1, -0.05) is 5.21 Å². The molecule has 3 aromatic rings. The molecule has 1 aliphatic heterocycles. The molecule has 5 rings (SSSR count). The summed E-state index contributed by atoms with van der Waals surface area (Å²) in [7, 11) is 0. The zero-order chi connectivity index (χ0) is 27.9. The number of nitrogens with zero attached hydrogens (tertiary/aromatic N) is 3. The molecule has 1 saturated carbocycles. The average molecular weight is 555 g/mol. The first-order valence-corrected chi connectivity index (χ1v) is 12.2. The third-order valence-corrected chi connectivity index (χ3v) is 7.38. The van der Waals surface area contributed by atoms with E-state index in [1.165, 1.54) is 4.90 Å². The lowest BCUT2D eigenvalue weighted by Crippen LogP contribution is -2.48. The second-order valence-corrected chi connectivity index (χ2v) is 9.89. The zero-order valence-electron chi connectivity index (χ0n) is 20.3. The predicted octanol–water partition coefficient (Wildman–Crippen LogP) is 5.02. The Morgan fingerprint density at radius 3 is 2.23 bits per heavy atom. The third-order valence-electron chi connectivity index (χ3n) is 7.38. The largest absolute Gasteiger partial charge is 0.445 e. The molecule has 2 heterocycles. The Morgan fingerprint density at radius 1 is 0.974 bits per heavy atom. The van der Waals surface area contributed by atoms with E-state index in [0.29, 0.717) is 48.4 Å². The molecule has 2 fully saturated rings. The van der Waals surface area contributed by atoms with E-state index >= 15 is 0 Å². The Hall–Kier alpha value is -3.84. The highest BCUT2D eigenvalue weighted by Crippen LogP contribution is 2.42. The lowest BCUT2D eigenvalue weighted by atomic mass is 9.85. The van der Waals surface area contributed by atoms with E-state index in [9.17, 15) is 35.9 Å². The number of carbonyl (C=O) groups is 2. The molecule has 2 N–H and O–H groups in total. The van der Waals surface area contributed by atoms with Crippen molar-refractivity contribution < 1.29 is 40.7 Å². The number of likely N-dealkylation sites (tertiary alicyclic amines) is 1. The Kier molecular flexibility index (Phi) is 6.89. The summed E-state index contributed by atoms with van der Waals surface area (Å²) in [5.74, 6) is -0.00735. The summed E-state index contributed by atoms with van der Waals surface area (Å²) in [4.78, 5) is 26.8. The van der Waals surface area contributed by atoms with Crippen molar-refractivity contribution in [3.63, 3.8) is 0 Å². The number of rotatable bonds is 5. The van der Waals surface area contributed by atoms with Gasteiger partial charge < -0.3 is 15.0 Å². The molecule has 0 radical (unpaired) electrons. The molecule has 1 aliphatic carbocycles. The van der Waals surface area contributed by atoms with Crippen LogP contribution >= 0.6 is 0 Å². The van der Waals surface area contributed by atoms with E-state index in [1.54, 1.807) is 18.2 Å². The predicted molar refractivity (Wildman–Crippen MR) is 124 cm³/mol. The van der Waals surface area contributed by atoms with Crippen LogP contribution < -0.4 is 5.32 Å². The van der Waals surface area contributed by atoms with Crippen molar-refractivity contribution in [2.75, 3.05) is 19.6 Å². The van der Waals surface area contributed by atoms with Crippen LogP contribution in [0.25, 0.3) is 11.0 Å². The van der Waals surface area contributed by atoms with Crippen molar-refractivity contribution in [1.29, 1.82) is 0 Å². The molecule has 0 spiro atoms. The number of benzene rings is 2. The van der Waals surface area contributed by atoms with Gasteiger partial charge in [-0.05, 0) is 72.6 Å². The molecule has 2 bridgehead atoms. The van der Waals surface area contributed by atoms with Gasteiger partial charge in [0.1, 0.15) is 12.1 Å². The number of H-pyrrole nitrogens is 1. The number of amides is 2. The Labute approximate surface area is 217 Å². The fourth-order valence-electron chi connectivity index (χ4n) is 5.45. The van der Waals surface area contributed by atoms with Crippen LogP contribution in [-0.4, -0.2) is 51.9 Å². The minimum absolute atomic E-state index is 0.0270. The quantitative estimate of drug-likeness (QED) is 0.431. The zero-order valence-corrected chi connectivity index (χ0v) is 20.3. The van der Waals surface area contributed by atoms with Crippen LogP contribution in [0.4, 0.5) is 31.1 Å². The lowest BCUT2D eigenvalue weighted by Gasteiger charge is -2.37. The molecular formula is C25H23F6N5O3. The van der Waals surface area contributed by atoms with Gasteiger partial charge in [-0.15, -0.1) is 5.10 Å². The maximum atomic E-state index is 13.1. The van der Waals surface area contributed by atoms with Crippen LogP contribution in [0.5, 0.6) is 0 Å². The van der Waals surface area contributed by atoms with Crippen molar-refractivity contribution in [2.24, 2.45) is 17.8 Å². The first-order chi connectivity index (χ1) is 18.4. The van der Waals surface area contributed by atoms with Crippen LogP contribution in [-0.2, 0) is 23.7 Å². The smallest absolute Gasteiger partial charge is 0.416 e. The highest BCUT2D eigenvalue weighted by Gasteiger charge is 2.44. The number of ether oxygens (including phenoxy) is 1. The molecule has 14 heteroatoms. The van der Waals surface area contributed by atoms with Gasteiger partial charge in [0.2, 0.25) is 0 Å². The SMILES string of the molecule is O=C(NCC1C2CCC1CN(C(=O)OCc1cc(C(F)(F)F)cc(C(F)(F)F)c1)C2)c1ccc2[nH]nnc2c1. The number of aromatic nitrogens is 3. The van der Waals surface area contributed by atoms with E-state index in [0.717, 1.165) is 12.8 Å². The Balaban J connectivity index is 1.17. The summed E-state index contributed by atoms with van der Waals surface area (Å²) in [6.07, 6.45) is -9.13. The van der Waals surface area contributed by atoms with Crippen LogP contribution in [0, 0.1) is 17.8 Å². The maximum Gasteiger partial charge on any atom is 0.416 e.